The number of carbonyl (C=O) groups is 2. The third-order valence-electron chi connectivity index (χ3n) is 5.15. The van der Waals surface area contributed by atoms with E-state index in [9.17, 15) is 19.8 Å². The van der Waals surface area contributed by atoms with Crippen LogP contribution in [0.25, 0.3) is 0 Å². The summed E-state index contributed by atoms with van der Waals surface area (Å²) in [6.07, 6.45) is 0.471. The van der Waals surface area contributed by atoms with Crippen LogP contribution in [0.15, 0.2) is 10.3 Å². The fourth-order valence-electron chi connectivity index (χ4n) is 4.50. The van der Waals surface area contributed by atoms with Gasteiger partial charge in [-0.15, -0.1) is 0 Å². The molecule has 20 heavy (non-hydrogen) atoms. The molecule has 4 atom stereocenters. The molecule has 0 aromatic heterocycles. The molecule has 4 aliphatic rings. The quantitative estimate of drug-likeness (QED) is 0.432. The number of rotatable bonds is 2. The average molecular weight is 282 g/mol. The molecular weight excluding hydrogens is 268 g/mol. The lowest BCUT2D eigenvalue weighted by Crippen LogP contribution is -2.67. The standard InChI is InChI=1S/C12H14N2O6/c15-9(16)11-2-5-1-6(8(11)14-20)3-12(4-11,10(17)18)7(5)13-19/h5-6,19-20H,1-4H2,(H,15,16)(H,17,18)/b13-7+,14-8+. The van der Waals surface area contributed by atoms with Gasteiger partial charge in [-0.3, -0.25) is 9.59 Å². The Morgan fingerprint density at radius 3 is 1.65 bits per heavy atom. The maximum atomic E-state index is 11.7. The summed E-state index contributed by atoms with van der Waals surface area (Å²) in [6, 6.07) is 0. The number of nitrogens with zero attached hydrogens (tertiary/aromatic N) is 2. The minimum Gasteiger partial charge on any atom is -0.481 e. The van der Waals surface area contributed by atoms with Crippen LogP contribution in [0, 0.1) is 22.7 Å². The van der Waals surface area contributed by atoms with Crippen molar-refractivity contribution in [1.29, 1.82) is 0 Å². The van der Waals surface area contributed by atoms with Crippen molar-refractivity contribution in [2.45, 2.75) is 25.7 Å². The monoisotopic (exact) mass is 282 g/mol. The first-order valence-corrected chi connectivity index (χ1v) is 6.33. The molecule has 0 amide bonds. The Labute approximate surface area is 113 Å². The first-order chi connectivity index (χ1) is 9.41. The Morgan fingerprint density at radius 1 is 0.950 bits per heavy atom. The summed E-state index contributed by atoms with van der Waals surface area (Å²) in [5, 5.41) is 43.7. The zero-order chi connectivity index (χ0) is 14.7. The van der Waals surface area contributed by atoms with E-state index >= 15 is 0 Å². The lowest BCUT2D eigenvalue weighted by atomic mass is 9.42. The molecule has 4 unspecified atom stereocenters. The lowest BCUT2D eigenvalue weighted by Gasteiger charge is -2.58. The molecule has 4 fully saturated rings. The molecule has 0 radical (unpaired) electrons. The van der Waals surface area contributed by atoms with Gasteiger partial charge in [0, 0.05) is 11.8 Å². The van der Waals surface area contributed by atoms with Crippen LogP contribution in [0.5, 0.6) is 0 Å². The number of carboxylic acid groups (broad SMARTS) is 2. The van der Waals surface area contributed by atoms with Crippen LogP contribution in [-0.4, -0.2) is 44.0 Å². The molecule has 4 N–H and O–H groups in total. The Hall–Kier alpha value is -2.12. The van der Waals surface area contributed by atoms with Crippen molar-refractivity contribution in [1.82, 2.24) is 0 Å². The van der Waals surface area contributed by atoms with Crippen molar-refractivity contribution in [3.8, 4) is 0 Å². The van der Waals surface area contributed by atoms with Crippen molar-refractivity contribution in [2.75, 3.05) is 0 Å². The van der Waals surface area contributed by atoms with Crippen LogP contribution in [0.1, 0.15) is 25.7 Å². The minimum atomic E-state index is -1.47. The maximum absolute atomic E-state index is 11.7. The van der Waals surface area contributed by atoms with Crippen molar-refractivity contribution in [2.24, 2.45) is 33.0 Å². The van der Waals surface area contributed by atoms with Crippen molar-refractivity contribution in [3.05, 3.63) is 0 Å². The average Bonchev–Trinajstić information content (AvgIpc) is 2.37. The smallest absolute Gasteiger partial charge is 0.315 e. The number of oxime groups is 2. The Balaban J connectivity index is 2.22. The SMILES string of the molecule is O=C(O)C12CC3CC(CC(C(=O)O)(C1)/C3=N/O)/C2=N\O. The fourth-order valence-corrected chi connectivity index (χ4v) is 4.50. The van der Waals surface area contributed by atoms with Gasteiger partial charge in [-0.25, -0.2) is 0 Å². The highest BCUT2D eigenvalue weighted by Gasteiger charge is 2.70. The highest BCUT2D eigenvalue weighted by atomic mass is 16.4. The maximum Gasteiger partial charge on any atom is 0.315 e. The predicted octanol–water partition coefficient (Wildman–Crippen LogP) is 0.622. The summed E-state index contributed by atoms with van der Waals surface area (Å²) in [5.41, 5.74) is -2.61. The van der Waals surface area contributed by atoms with E-state index in [1.54, 1.807) is 0 Å². The Kier molecular flexibility index (Phi) is 2.39. The van der Waals surface area contributed by atoms with Gasteiger partial charge in [0.15, 0.2) is 0 Å². The van der Waals surface area contributed by atoms with E-state index in [1.807, 2.05) is 0 Å². The number of hydrogen-bond donors (Lipinski definition) is 4. The molecule has 4 rings (SSSR count). The first kappa shape index (κ1) is 12.9. The molecule has 8 nitrogen and oxygen atoms in total. The van der Waals surface area contributed by atoms with Gasteiger partial charge in [-0.05, 0) is 25.7 Å². The molecule has 4 aliphatic carbocycles. The fraction of sp³-hybridized carbons (Fsp3) is 0.667. The first-order valence-electron chi connectivity index (χ1n) is 6.33. The van der Waals surface area contributed by atoms with E-state index in [4.69, 9.17) is 10.4 Å². The van der Waals surface area contributed by atoms with Crippen LogP contribution >= 0.6 is 0 Å². The van der Waals surface area contributed by atoms with Crippen molar-refractivity contribution >= 4 is 23.4 Å². The summed E-state index contributed by atoms with van der Waals surface area (Å²) in [5.74, 6) is -3.15. The second kappa shape index (κ2) is 3.71. The van der Waals surface area contributed by atoms with Crippen LogP contribution in [-0.2, 0) is 9.59 Å². The van der Waals surface area contributed by atoms with E-state index < -0.39 is 34.6 Å². The summed E-state index contributed by atoms with van der Waals surface area (Å²) in [7, 11) is 0. The molecule has 4 saturated carbocycles. The highest BCUT2D eigenvalue weighted by Crippen LogP contribution is 2.62. The number of carboxylic acids is 2. The molecule has 0 aromatic carbocycles. The number of aliphatic carboxylic acids is 2. The summed E-state index contributed by atoms with van der Waals surface area (Å²) < 4.78 is 0. The van der Waals surface area contributed by atoms with Gasteiger partial charge in [-0.1, -0.05) is 10.3 Å². The van der Waals surface area contributed by atoms with Gasteiger partial charge < -0.3 is 20.6 Å². The number of hydrogen-bond acceptors (Lipinski definition) is 6. The van der Waals surface area contributed by atoms with E-state index in [1.165, 1.54) is 0 Å². The molecule has 0 saturated heterocycles. The molecular formula is C12H14N2O6. The van der Waals surface area contributed by atoms with E-state index in [0.29, 0.717) is 6.42 Å². The highest BCUT2D eigenvalue weighted by molar-refractivity contribution is 6.18. The molecule has 0 spiro atoms. The zero-order valence-corrected chi connectivity index (χ0v) is 10.5. The third kappa shape index (κ3) is 1.21. The van der Waals surface area contributed by atoms with Gasteiger partial charge in [0.2, 0.25) is 0 Å². The van der Waals surface area contributed by atoms with Gasteiger partial charge in [0.1, 0.15) is 10.8 Å². The van der Waals surface area contributed by atoms with Gasteiger partial charge >= 0.3 is 11.9 Å². The topological polar surface area (TPSA) is 140 Å². The molecule has 0 aromatic rings. The van der Waals surface area contributed by atoms with E-state index in [-0.39, 0.29) is 30.7 Å². The molecule has 4 bridgehead atoms. The van der Waals surface area contributed by atoms with Gasteiger partial charge in [-0.2, -0.15) is 0 Å². The predicted molar refractivity (Wildman–Crippen MR) is 64.0 cm³/mol. The van der Waals surface area contributed by atoms with Crippen molar-refractivity contribution < 1.29 is 30.2 Å². The Bertz CT molecular complexity index is 522. The zero-order valence-electron chi connectivity index (χ0n) is 10.5. The molecule has 8 heteroatoms. The molecule has 0 heterocycles. The Morgan fingerprint density at radius 2 is 1.35 bits per heavy atom. The third-order valence-corrected chi connectivity index (χ3v) is 5.15. The summed E-state index contributed by atoms with van der Waals surface area (Å²) in [4.78, 5) is 23.4. The summed E-state index contributed by atoms with van der Waals surface area (Å²) in [6.45, 7) is 0. The minimum absolute atomic E-state index is 0.118. The van der Waals surface area contributed by atoms with Crippen molar-refractivity contribution in [3.63, 3.8) is 0 Å². The van der Waals surface area contributed by atoms with Gasteiger partial charge in [0.05, 0.1) is 11.4 Å². The largest absolute Gasteiger partial charge is 0.481 e. The van der Waals surface area contributed by atoms with Gasteiger partial charge in [0.25, 0.3) is 0 Å². The van der Waals surface area contributed by atoms with Crippen LogP contribution in [0.3, 0.4) is 0 Å². The second-order valence-electron chi connectivity index (χ2n) is 5.96. The molecule has 108 valence electrons. The molecule has 0 aliphatic heterocycles. The van der Waals surface area contributed by atoms with Crippen LogP contribution in [0.2, 0.25) is 0 Å². The normalized spacial score (nSPS) is 46.0. The lowest BCUT2D eigenvalue weighted by molar-refractivity contribution is -0.158. The van der Waals surface area contributed by atoms with E-state index in [2.05, 4.69) is 10.3 Å². The van der Waals surface area contributed by atoms with Crippen LogP contribution < -0.4 is 0 Å². The van der Waals surface area contributed by atoms with Crippen LogP contribution in [0.4, 0.5) is 0 Å². The summed E-state index contributed by atoms with van der Waals surface area (Å²) >= 11 is 0. The second-order valence-corrected chi connectivity index (χ2v) is 5.96. The van der Waals surface area contributed by atoms with E-state index in [0.717, 1.165) is 0 Å².